The molecular formula is C15H16N4O2. The highest BCUT2D eigenvalue weighted by Crippen LogP contribution is 2.29. The fourth-order valence-corrected chi connectivity index (χ4v) is 2.42. The van der Waals surface area contributed by atoms with E-state index in [1.807, 2.05) is 24.3 Å². The topological polar surface area (TPSA) is 75.2 Å². The molecule has 1 aliphatic heterocycles. The number of morpholine rings is 1. The van der Waals surface area contributed by atoms with Crippen LogP contribution in [0.3, 0.4) is 0 Å². The van der Waals surface area contributed by atoms with Crippen LogP contribution in [-0.4, -0.2) is 30.0 Å². The highest BCUT2D eigenvalue weighted by atomic mass is 16.5. The van der Waals surface area contributed by atoms with Crippen LogP contribution in [0, 0.1) is 11.3 Å². The van der Waals surface area contributed by atoms with Gasteiger partial charge >= 0.3 is 0 Å². The number of nitrogens with zero attached hydrogens (tertiary/aromatic N) is 4. The Bertz CT molecular complexity index is 644. The predicted molar refractivity (Wildman–Crippen MR) is 75.7 cm³/mol. The number of ether oxygens (including phenoxy) is 1. The van der Waals surface area contributed by atoms with Gasteiger partial charge in [0.2, 0.25) is 0 Å². The van der Waals surface area contributed by atoms with E-state index >= 15 is 0 Å². The molecule has 108 valence electrons. The summed E-state index contributed by atoms with van der Waals surface area (Å²) < 4.78 is 11.4. The molecule has 0 radical (unpaired) electrons. The van der Waals surface area contributed by atoms with Crippen LogP contribution in [0.15, 0.2) is 28.7 Å². The summed E-state index contributed by atoms with van der Waals surface area (Å²) in [5.41, 5.74) is 0.315. The zero-order chi connectivity index (χ0) is 14.7. The van der Waals surface area contributed by atoms with Crippen molar-refractivity contribution in [1.82, 2.24) is 10.2 Å². The van der Waals surface area contributed by atoms with Crippen molar-refractivity contribution >= 4 is 5.82 Å². The molecule has 0 amide bonds. The molecule has 21 heavy (non-hydrogen) atoms. The molecule has 1 saturated heterocycles. The normalized spacial score (nSPS) is 18.5. The quantitative estimate of drug-likeness (QED) is 0.859. The van der Waals surface area contributed by atoms with Gasteiger partial charge in [0.15, 0.2) is 11.5 Å². The average molecular weight is 284 g/mol. The molecule has 1 aliphatic rings. The van der Waals surface area contributed by atoms with Gasteiger partial charge < -0.3 is 14.1 Å². The van der Waals surface area contributed by atoms with Gasteiger partial charge in [-0.2, -0.15) is 5.26 Å². The molecule has 1 atom stereocenters. The fourth-order valence-electron chi connectivity index (χ4n) is 2.42. The molecule has 0 bridgehead atoms. The Morgan fingerprint density at radius 1 is 1.33 bits per heavy atom. The summed E-state index contributed by atoms with van der Waals surface area (Å²) in [6.07, 6.45) is 0.865. The van der Waals surface area contributed by atoms with Gasteiger partial charge in [0.05, 0.1) is 13.2 Å². The van der Waals surface area contributed by atoms with E-state index < -0.39 is 0 Å². The molecule has 1 unspecified atom stereocenters. The lowest BCUT2D eigenvalue weighted by atomic mass is 10.1. The lowest BCUT2D eigenvalue weighted by molar-refractivity contribution is 0.0868. The van der Waals surface area contributed by atoms with Gasteiger partial charge in [0, 0.05) is 13.0 Å². The molecule has 0 N–H and O–H groups in total. The standard InChI is InChI=1S/C15H16N4O2/c1-2-12-4-5-14(21-12)13-10-20-8-7-19(13)15-6-3-11(9-16)17-18-15/h3-6,13H,2,7-8,10H2,1H3. The van der Waals surface area contributed by atoms with E-state index in [9.17, 15) is 0 Å². The van der Waals surface area contributed by atoms with Crippen molar-refractivity contribution in [1.29, 1.82) is 5.26 Å². The summed E-state index contributed by atoms with van der Waals surface area (Å²) in [5.74, 6) is 2.57. The zero-order valence-corrected chi connectivity index (χ0v) is 11.8. The van der Waals surface area contributed by atoms with Crippen molar-refractivity contribution in [3.05, 3.63) is 41.5 Å². The minimum atomic E-state index is -0.0127. The molecule has 2 aromatic rings. The molecule has 0 saturated carbocycles. The maximum absolute atomic E-state index is 8.80. The van der Waals surface area contributed by atoms with E-state index in [0.717, 1.165) is 23.8 Å². The van der Waals surface area contributed by atoms with Gasteiger partial charge in [-0.15, -0.1) is 10.2 Å². The number of nitriles is 1. The SMILES string of the molecule is CCc1ccc(C2COCCN2c2ccc(C#N)nn2)o1. The molecule has 6 nitrogen and oxygen atoms in total. The van der Waals surface area contributed by atoms with Crippen LogP contribution >= 0.6 is 0 Å². The Kier molecular flexibility index (Phi) is 3.84. The second-order valence-corrected chi connectivity index (χ2v) is 4.83. The van der Waals surface area contributed by atoms with Gasteiger partial charge in [-0.05, 0) is 24.3 Å². The van der Waals surface area contributed by atoms with E-state index in [1.165, 1.54) is 0 Å². The summed E-state index contributed by atoms with van der Waals surface area (Å²) in [4.78, 5) is 2.11. The van der Waals surface area contributed by atoms with Crippen molar-refractivity contribution in [3.63, 3.8) is 0 Å². The largest absolute Gasteiger partial charge is 0.464 e. The van der Waals surface area contributed by atoms with Gasteiger partial charge in [0.1, 0.15) is 23.6 Å². The first-order chi connectivity index (χ1) is 10.3. The minimum absolute atomic E-state index is 0.0127. The first kappa shape index (κ1) is 13.6. The Labute approximate surface area is 123 Å². The molecule has 0 spiro atoms. The summed E-state index contributed by atoms with van der Waals surface area (Å²) in [7, 11) is 0. The highest BCUT2D eigenvalue weighted by Gasteiger charge is 2.28. The summed E-state index contributed by atoms with van der Waals surface area (Å²) in [6.45, 7) is 3.97. The summed E-state index contributed by atoms with van der Waals surface area (Å²) >= 11 is 0. The molecule has 0 aromatic carbocycles. The van der Waals surface area contributed by atoms with Crippen LogP contribution in [0.4, 0.5) is 5.82 Å². The van der Waals surface area contributed by atoms with Gasteiger partial charge in [0.25, 0.3) is 0 Å². The molecule has 0 aliphatic carbocycles. The van der Waals surface area contributed by atoms with Crippen molar-refractivity contribution < 1.29 is 9.15 Å². The van der Waals surface area contributed by atoms with Crippen LogP contribution in [0.2, 0.25) is 0 Å². The zero-order valence-electron chi connectivity index (χ0n) is 11.8. The second-order valence-electron chi connectivity index (χ2n) is 4.83. The van der Waals surface area contributed by atoms with Crippen molar-refractivity contribution in [3.8, 4) is 6.07 Å². The number of anilines is 1. The molecule has 6 heteroatoms. The number of hydrogen-bond acceptors (Lipinski definition) is 6. The van der Waals surface area contributed by atoms with Crippen LogP contribution in [0.25, 0.3) is 0 Å². The Balaban J connectivity index is 1.88. The molecular weight excluding hydrogens is 268 g/mol. The van der Waals surface area contributed by atoms with Crippen LogP contribution in [0.5, 0.6) is 0 Å². The lowest BCUT2D eigenvalue weighted by Crippen LogP contribution is -2.40. The molecule has 3 rings (SSSR count). The minimum Gasteiger partial charge on any atom is -0.464 e. The average Bonchev–Trinajstić information content (AvgIpc) is 3.04. The first-order valence-electron chi connectivity index (χ1n) is 6.98. The van der Waals surface area contributed by atoms with Gasteiger partial charge in [-0.3, -0.25) is 0 Å². The van der Waals surface area contributed by atoms with Crippen LogP contribution in [0.1, 0.15) is 30.2 Å². The van der Waals surface area contributed by atoms with E-state index in [2.05, 4.69) is 22.0 Å². The number of aryl methyl sites for hydroxylation is 1. The lowest BCUT2D eigenvalue weighted by Gasteiger charge is -2.34. The number of aromatic nitrogens is 2. The van der Waals surface area contributed by atoms with E-state index in [1.54, 1.807) is 6.07 Å². The Hall–Kier alpha value is -2.39. The van der Waals surface area contributed by atoms with Crippen molar-refractivity contribution in [2.45, 2.75) is 19.4 Å². The number of hydrogen-bond donors (Lipinski definition) is 0. The van der Waals surface area contributed by atoms with E-state index in [-0.39, 0.29) is 6.04 Å². The maximum Gasteiger partial charge on any atom is 0.163 e. The van der Waals surface area contributed by atoms with Crippen molar-refractivity contribution in [2.24, 2.45) is 0 Å². The van der Waals surface area contributed by atoms with Crippen molar-refractivity contribution in [2.75, 3.05) is 24.7 Å². The maximum atomic E-state index is 8.80. The smallest absolute Gasteiger partial charge is 0.163 e. The second kappa shape index (κ2) is 5.94. The third kappa shape index (κ3) is 2.73. The van der Waals surface area contributed by atoms with Gasteiger partial charge in [-0.1, -0.05) is 6.92 Å². The molecule has 2 aromatic heterocycles. The highest BCUT2D eigenvalue weighted by molar-refractivity contribution is 5.42. The third-order valence-electron chi connectivity index (χ3n) is 3.55. The third-order valence-corrected chi connectivity index (χ3v) is 3.55. The summed E-state index contributed by atoms with van der Waals surface area (Å²) in [5, 5.41) is 16.8. The first-order valence-corrected chi connectivity index (χ1v) is 6.98. The molecule has 1 fully saturated rings. The number of furan rings is 1. The number of rotatable bonds is 3. The molecule has 3 heterocycles. The van der Waals surface area contributed by atoms with Crippen LogP contribution in [-0.2, 0) is 11.2 Å². The fraction of sp³-hybridized carbons (Fsp3) is 0.400. The Morgan fingerprint density at radius 3 is 2.90 bits per heavy atom. The van der Waals surface area contributed by atoms with Gasteiger partial charge in [-0.25, -0.2) is 0 Å². The predicted octanol–water partition coefficient (Wildman–Crippen LogP) is 2.08. The van der Waals surface area contributed by atoms with Crippen LogP contribution < -0.4 is 4.90 Å². The monoisotopic (exact) mass is 284 g/mol. The van der Waals surface area contributed by atoms with E-state index in [4.69, 9.17) is 14.4 Å². The van der Waals surface area contributed by atoms with E-state index in [0.29, 0.717) is 25.5 Å². The Morgan fingerprint density at radius 2 is 2.24 bits per heavy atom. The summed E-state index contributed by atoms with van der Waals surface area (Å²) in [6, 6.07) is 9.43.